The molecule has 2 aromatic heterocycles. The number of carbonyl (C=O) groups is 2. The third-order valence-electron chi connectivity index (χ3n) is 5.00. The van der Waals surface area contributed by atoms with Crippen molar-refractivity contribution in [3.8, 4) is 0 Å². The van der Waals surface area contributed by atoms with E-state index in [9.17, 15) is 27.9 Å². The first-order valence-corrected chi connectivity index (χ1v) is 9.05. The van der Waals surface area contributed by atoms with Crippen molar-refractivity contribution in [3.05, 3.63) is 34.2 Å². The maximum absolute atomic E-state index is 13.6. The molecule has 1 atom stereocenters. The molecular formula is C17H16ClF3N4O3. The summed E-state index contributed by atoms with van der Waals surface area (Å²) in [7, 11) is 0. The Morgan fingerprint density at radius 3 is 2.71 bits per heavy atom. The van der Waals surface area contributed by atoms with Crippen molar-refractivity contribution in [2.24, 2.45) is 0 Å². The van der Waals surface area contributed by atoms with Crippen LogP contribution in [0.4, 0.5) is 13.2 Å². The number of halogens is 4. The molecule has 28 heavy (non-hydrogen) atoms. The molecule has 2 N–H and O–H groups in total. The Labute approximate surface area is 162 Å². The fraction of sp³-hybridized carbons (Fsp3) is 0.471. The second kappa shape index (κ2) is 6.63. The van der Waals surface area contributed by atoms with Crippen LogP contribution < -0.4 is 5.32 Å². The van der Waals surface area contributed by atoms with E-state index in [1.807, 2.05) is 0 Å². The molecule has 0 bridgehead atoms. The van der Waals surface area contributed by atoms with E-state index < -0.39 is 41.9 Å². The summed E-state index contributed by atoms with van der Waals surface area (Å²) in [5, 5.41) is 11.7. The summed E-state index contributed by atoms with van der Waals surface area (Å²) in [4.78, 5) is 29.5. The third kappa shape index (κ3) is 3.20. The molecule has 150 valence electrons. The number of pyridine rings is 1. The Balaban J connectivity index is 1.83. The van der Waals surface area contributed by atoms with E-state index in [1.165, 1.54) is 6.20 Å². The van der Waals surface area contributed by atoms with Gasteiger partial charge in [0.05, 0.1) is 18.2 Å². The van der Waals surface area contributed by atoms with Gasteiger partial charge in [0.25, 0.3) is 5.91 Å². The van der Waals surface area contributed by atoms with Crippen molar-refractivity contribution in [2.45, 2.75) is 31.0 Å². The van der Waals surface area contributed by atoms with Crippen LogP contribution in [0.5, 0.6) is 0 Å². The molecule has 2 aromatic rings. The van der Waals surface area contributed by atoms with Crippen LogP contribution in [0.15, 0.2) is 12.3 Å². The summed E-state index contributed by atoms with van der Waals surface area (Å²) < 4.78 is 41.8. The van der Waals surface area contributed by atoms with Crippen LogP contribution in [-0.4, -0.2) is 56.9 Å². The van der Waals surface area contributed by atoms with Gasteiger partial charge in [-0.15, -0.1) is 0 Å². The highest BCUT2D eigenvalue weighted by Gasteiger charge is 2.39. The molecule has 0 aromatic carbocycles. The van der Waals surface area contributed by atoms with Crippen molar-refractivity contribution in [3.63, 3.8) is 0 Å². The summed E-state index contributed by atoms with van der Waals surface area (Å²) in [6.45, 7) is -0.726. The number of imidazole rings is 1. The number of fused-ring (bicyclic) bond motifs is 1. The summed E-state index contributed by atoms with van der Waals surface area (Å²) in [6.07, 6.45) is -1.61. The number of aromatic nitrogens is 2. The van der Waals surface area contributed by atoms with Crippen LogP contribution in [-0.2, 0) is 11.0 Å². The van der Waals surface area contributed by atoms with Crippen LogP contribution in [0.3, 0.4) is 0 Å². The number of piperazine rings is 1. The Bertz CT molecular complexity index is 971. The lowest BCUT2D eigenvalue weighted by atomic mass is 10.1. The number of aliphatic hydroxyl groups is 1. The highest BCUT2D eigenvalue weighted by Crippen LogP contribution is 2.43. The van der Waals surface area contributed by atoms with E-state index in [0.29, 0.717) is 5.56 Å². The maximum Gasteiger partial charge on any atom is 0.419 e. The molecule has 1 unspecified atom stereocenters. The SMILES string of the molecule is O=C1CN(C(=O)c2nc3c(C(F)(F)F)cc(C4CC4)cn3c2Cl)C(CO)CN1. The van der Waals surface area contributed by atoms with Gasteiger partial charge in [-0.1, -0.05) is 11.6 Å². The Kier molecular flexibility index (Phi) is 4.50. The van der Waals surface area contributed by atoms with E-state index in [4.69, 9.17) is 11.6 Å². The average molecular weight is 417 g/mol. The molecule has 1 aliphatic carbocycles. The number of hydrogen-bond acceptors (Lipinski definition) is 4. The van der Waals surface area contributed by atoms with Crippen molar-refractivity contribution in [2.75, 3.05) is 19.7 Å². The van der Waals surface area contributed by atoms with E-state index in [0.717, 1.165) is 28.2 Å². The van der Waals surface area contributed by atoms with Gasteiger partial charge in [0.1, 0.15) is 11.7 Å². The predicted octanol–water partition coefficient (Wildman–Crippen LogP) is 1.82. The number of hydrogen-bond donors (Lipinski definition) is 2. The summed E-state index contributed by atoms with van der Waals surface area (Å²) in [6, 6.07) is 0.338. The molecule has 3 heterocycles. The van der Waals surface area contributed by atoms with Gasteiger partial charge in [0.2, 0.25) is 5.91 Å². The van der Waals surface area contributed by atoms with Crippen LogP contribution in [0.25, 0.3) is 5.65 Å². The molecule has 1 saturated heterocycles. The molecule has 2 amide bonds. The Morgan fingerprint density at radius 1 is 1.39 bits per heavy atom. The number of amides is 2. The van der Waals surface area contributed by atoms with Crippen molar-refractivity contribution in [1.82, 2.24) is 19.6 Å². The lowest BCUT2D eigenvalue weighted by Gasteiger charge is -2.33. The molecule has 1 aliphatic heterocycles. The van der Waals surface area contributed by atoms with E-state index >= 15 is 0 Å². The topological polar surface area (TPSA) is 86.9 Å². The average Bonchev–Trinajstić information content (AvgIpc) is 3.44. The zero-order chi connectivity index (χ0) is 20.2. The van der Waals surface area contributed by atoms with Gasteiger partial charge in [0, 0.05) is 12.7 Å². The fourth-order valence-corrected chi connectivity index (χ4v) is 3.59. The number of alkyl halides is 3. The second-order valence-corrected chi connectivity index (χ2v) is 7.34. The van der Waals surface area contributed by atoms with Crippen LogP contribution >= 0.6 is 11.6 Å². The summed E-state index contributed by atoms with van der Waals surface area (Å²) >= 11 is 6.24. The monoisotopic (exact) mass is 416 g/mol. The first-order chi connectivity index (χ1) is 13.2. The van der Waals surface area contributed by atoms with E-state index in [-0.39, 0.29) is 29.9 Å². The number of nitrogens with zero attached hydrogens (tertiary/aromatic N) is 3. The lowest BCUT2D eigenvalue weighted by Crippen LogP contribution is -2.57. The molecule has 4 rings (SSSR count). The second-order valence-electron chi connectivity index (χ2n) is 6.98. The minimum atomic E-state index is -4.67. The number of nitrogens with one attached hydrogen (secondary N) is 1. The Hall–Kier alpha value is -2.33. The number of carbonyl (C=O) groups excluding carboxylic acids is 2. The van der Waals surface area contributed by atoms with E-state index in [1.54, 1.807) is 0 Å². The molecule has 2 fully saturated rings. The van der Waals surface area contributed by atoms with Gasteiger partial charge in [-0.2, -0.15) is 13.2 Å². The van der Waals surface area contributed by atoms with Crippen LogP contribution in [0.2, 0.25) is 5.15 Å². The minimum absolute atomic E-state index is 0.0334. The van der Waals surface area contributed by atoms with E-state index in [2.05, 4.69) is 10.3 Å². The summed E-state index contributed by atoms with van der Waals surface area (Å²) in [5.74, 6) is -1.21. The van der Waals surface area contributed by atoms with Gasteiger partial charge in [0.15, 0.2) is 11.3 Å². The quantitative estimate of drug-likeness (QED) is 0.799. The zero-order valence-electron chi connectivity index (χ0n) is 14.5. The first-order valence-electron chi connectivity index (χ1n) is 8.68. The molecule has 2 aliphatic rings. The van der Waals surface area contributed by atoms with Crippen molar-refractivity contribution >= 4 is 29.1 Å². The van der Waals surface area contributed by atoms with Gasteiger partial charge in [-0.3, -0.25) is 14.0 Å². The normalized spacial score (nSPS) is 20.5. The predicted molar refractivity (Wildman–Crippen MR) is 92.1 cm³/mol. The number of aliphatic hydroxyl groups excluding tert-OH is 1. The van der Waals surface area contributed by atoms with Crippen LogP contribution in [0, 0.1) is 0 Å². The fourth-order valence-electron chi connectivity index (χ4n) is 3.34. The molecule has 0 radical (unpaired) electrons. The lowest BCUT2D eigenvalue weighted by molar-refractivity contribution is -0.136. The van der Waals surface area contributed by atoms with Crippen LogP contribution in [0.1, 0.15) is 40.4 Å². The standard InChI is InChI=1S/C17H16ClF3N4O3/c18-14-13(16(28)24-6-12(27)22-4-10(24)7-26)23-15-11(17(19,20)21)3-9(5-25(14)15)8-1-2-8/h3,5,8,10,26H,1-2,4,6-7H2,(H,22,27). The molecule has 11 heteroatoms. The maximum atomic E-state index is 13.6. The van der Waals surface area contributed by atoms with Crippen molar-refractivity contribution < 1.29 is 27.9 Å². The third-order valence-corrected chi connectivity index (χ3v) is 5.36. The highest BCUT2D eigenvalue weighted by atomic mass is 35.5. The largest absolute Gasteiger partial charge is 0.419 e. The number of rotatable bonds is 3. The molecule has 0 spiro atoms. The Morgan fingerprint density at radius 2 is 2.11 bits per heavy atom. The smallest absolute Gasteiger partial charge is 0.394 e. The molecular weight excluding hydrogens is 401 g/mol. The van der Waals surface area contributed by atoms with Gasteiger partial charge in [-0.05, 0) is 30.4 Å². The van der Waals surface area contributed by atoms with Gasteiger partial charge < -0.3 is 15.3 Å². The van der Waals surface area contributed by atoms with Crippen molar-refractivity contribution in [1.29, 1.82) is 0 Å². The first kappa shape index (κ1) is 19.0. The van der Waals surface area contributed by atoms with Gasteiger partial charge >= 0.3 is 6.18 Å². The highest BCUT2D eigenvalue weighted by molar-refractivity contribution is 6.33. The molecule has 7 nitrogen and oxygen atoms in total. The molecule has 1 saturated carbocycles. The van der Waals surface area contributed by atoms with Gasteiger partial charge in [-0.25, -0.2) is 4.98 Å². The summed E-state index contributed by atoms with van der Waals surface area (Å²) in [5.41, 5.74) is -1.32. The zero-order valence-corrected chi connectivity index (χ0v) is 15.2. The minimum Gasteiger partial charge on any atom is -0.394 e.